The van der Waals surface area contributed by atoms with Crippen LogP contribution in [0.3, 0.4) is 0 Å². The van der Waals surface area contributed by atoms with Crippen LogP contribution in [0.4, 0.5) is 0 Å². The van der Waals surface area contributed by atoms with Gasteiger partial charge in [-0.3, -0.25) is 0 Å². The van der Waals surface area contributed by atoms with Crippen LogP contribution in [-0.2, 0) is 5.41 Å². The van der Waals surface area contributed by atoms with E-state index in [-0.39, 0.29) is 0 Å². The van der Waals surface area contributed by atoms with Gasteiger partial charge in [0.2, 0.25) is 0 Å². The molecule has 0 aromatic heterocycles. The minimum absolute atomic E-state index is 0.392. The Labute approximate surface area is 307 Å². The normalized spacial score (nSPS) is 15.7. The topological polar surface area (TPSA) is 0 Å². The molecule has 1 aliphatic heterocycles. The molecule has 12 rings (SSSR count). The molecule has 0 nitrogen and oxygen atoms in total. The molecule has 0 amide bonds. The van der Waals surface area contributed by atoms with Crippen molar-refractivity contribution in [1.82, 2.24) is 0 Å². The highest BCUT2D eigenvalue weighted by Gasteiger charge is 2.52. The van der Waals surface area contributed by atoms with Crippen molar-refractivity contribution < 1.29 is 0 Å². The summed E-state index contributed by atoms with van der Waals surface area (Å²) in [5.74, 6) is 0. The first kappa shape index (κ1) is 28.5. The highest BCUT2D eigenvalue weighted by molar-refractivity contribution is 7.99. The van der Waals surface area contributed by atoms with Gasteiger partial charge in [-0.15, -0.1) is 0 Å². The minimum Gasteiger partial charge on any atom is -0.0888 e. The standard InChI is InChI=1S/C51H30S/c1-2-13-37-32(10-1)26-28-40-38-14-3-5-18-43(38)51(50(37)40)44-19-6-4-15-41(44)49-36(16-9-20-45(49)51)33-24-22-31(23-25-33)35-27-29-46-42(30-35)39-17-7-11-34-12-8-21-47(52-46)48(34)39/h1-30H. The first-order valence-electron chi connectivity index (χ1n) is 18.1. The van der Waals surface area contributed by atoms with E-state index in [4.69, 9.17) is 0 Å². The Hall–Kier alpha value is -6.15. The summed E-state index contributed by atoms with van der Waals surface area (Å²) in [6.07, 6.45) is 0. The van der Waals surface area contributed by atoms with E-state index >= 15 is 0 Å². The molecule has 9 aromatic rings. The maximum Gasteiger partial charge on any atom is 0.0731 e. The largest absolute Gasteiger partial charge is 0.0888 e. The van der Waals surface area contributed by atoms with Crippen LogP contribution in [0.5, 0.6) is 0 Å². The Morgan fingerprint density at radius 1 is 0.346 bits per heavy atom. The Bertz CT molecular complexity index is 2980. The van der Waals surface area contributed by atoms with Crippen LogP contribution >= 0.6 is 11.8 Å². The van der Waals surface area contributed by atoms with Crippen molar-refractivity contribution >= 4 is 33.3 Å². The van der Waals surface area contributed by atoms with E-state index in [1.54, 1.807) is 0 Å². The Kier molecular flexibility index (Phi) is 5.73. The minimum atomic E-state index is -0.392. The second-order valence-corrected chi connectivity index (χ2v) is 15.4. The van der Waals surface area contributed by atoms with Gasteiger partial charge in [0, 0.05) is 15.2 Å². The molecule has 1 heterocycles. The second-order valence-electron chi connectivity index (χ2n) is 14.3. The lowest BCUT2D eigenvalue weighted by atomic mass is 9.69. The number of hydrogen-bond acceptors (Lipinski definition) is 1. The molecule has 0 radical (unpaired) electrons. The van der Waals surface area contributed by atoms with Crippen LogP contribution in [0.15, 0.2) is 192 Å². The molecule has 240 valence electrons. The van der Waals surface area contributed by atoms with Crippen molar-refractivity contribution in [3.63, 3.8) is 0 Å². The number of hydrogen-bond donors (Lipinski definition) is 0. The summed E-state index contributed by atoms with van der Waals surface area (Å²) in [6, 6.07) is 68.4. The monoisotopic (exact) mass is 674 g/mol. The first-order chi connectivity index (χ1) is 25.8. The molecule has 0 bridgehead atoms. The summed E-state index contributed by atoms with van der Waals surface area (Å²) in [6.45, 7) is 0. The van der Waals surface area contributed by atoms with E-state index in [0.717, 1.165) is 0 Å². The molecule has 1 atom stereocenters. The predicted octanol–water partition coefficient (Wildman–Crippen LogP) is 13.8. The van der Waals surface area contributed by atoms with Crippen LogP contribution in [0.1, 0.15) is 22.3 Å². The van der Waals surface area contributed by atoms with Gasteiger partial charge in [0.05, 0.1) is 5.41 Å². The van der Waals surface area contributed by atoms with Crippen molar-refractivity contribution in [3.8, 4) is 55.6 Å². The molecule has 1 unspecified atom stereocenters. The molecule has 1 spiro atoms. The molecule has 0 saturated heterocycles. The lowest BCUT2D eigenvalue weighted by Crippen LogP contribution is -2.26. The van der Waals surface area contributed by atoms with E-state index in [1.807, 2.05) is 11.8 Å². The molecular formula is C51H30S. The van der Waals surface area contributed by atoms with Gasteiger partial charge < -0.3 is 0 Å². The average Bonchev–Trinajstić information content (AvgIpc) is 3.69. The van der Waals surface area contributed by atoms with Gasteiger partial charge in [-0.1, -0.05) is 176 Å². The zero-order valence-corrected chi connectivity index (χ0v) is 29.0. The lowest BCUT2D eigenvalue weighted by Gasteiger charge is -2.31. The zero-order valence-electron chi connectivity index (χ0n) is 28.2. The molecule has 2 aliphatic carbocycles. The predicted molar refractivity (Wildman–Crippen MR) is 218 cm³/mol. The van der Waals surface area contributed by atoms with Gasteiger partial charge >= 0.3 is 0 Å². The van der Waals surface area contributed by atoms with Crippen molar-refractivity contribution in [2.45, 2.75) is 15.2 Å². The van der Waals surface area contributed by atoms with Crippen molar-refractivity contribution in [3.05, 3.63) is 204 Å². The third kappa shape index (κ3) is 3.63. The average molecular weight is 675 g/mol. The number of benzene rings is 9. The SMILES string of the molecule is c1ccc2c(c1)-c1ccc3ccccc3c1C21c2ccccc2-c2c(-c3ccc(-c4ccc5c(c4)-c4cccc6cccc(c46)S5)cc3)cccc21. The molecule has 52 heavy (non-hydrogen) atoms. The fourth-order valence-corrected chi connectivity index (χ4v) is 10.9. The van der Waals surface area contributed by atoms with Crippen molar-refractivity contribution in [2.24, 2.45) is 0 Å². The number of rotatable bonds is 2. The van der Waals surface area contributed by atoms with E-state index in [0.29, 0.717) is 0 Å². The van der Waals surface area contributed by atoms with Gasteiger partial charge in [-0.25, -0.2) is 0 Å². The Morgan fingerprint density at radius 3 is 1.87 bits per heavy atom. The van der Waals surface area contributed by atoms with Crippen LogP contribution in [0, 0.1) is 0 Å². The summed E-state index contributed by atoms with van der Waals surface area (Å²) in [5.41, 5.74) is 18.2. The van der Waals surface area contributed by atoms with Crippen LogP contribution in [-0.4, -0.2) is 0 Å². The molecule has 3 aliphatic rings. The van der Waals surface area contributed by atoms with Crippen LogP contribution in [0.25, 0.3) is 77.2 Å². The highest BCUT2D eigenvalue weighted by Crippen LogP contribution is 2.65. The summed E-state index contributed by atoms with van der Waals surface area (Å²) in [5, 5.41) is 5.29. The Balaban J connectivity index is 1.03. The quantitative estimate of drug-likeness (QED) is 0.176. The van der Waals surface area contributed by atoms with E-state index < -0.39 is 5.41 Å². The third-order valence-electron chi connectivity index (χ3n) is 11.9. The molecule has 0 N–H and O–H groups in total. The fourth-order valence-electron chi connectivity index (χ4n) is 9.79. The fraction of sp³-hybridized carbons (Fsp3) is 0.0196. The van der Waals surface area contributed by atoms with E-state index in [9.17, 15) is 0 Å². The van der Waals surface area contributed by atoms with Gasteiger partial charge in [-0.05, 0) is 112 Å². The maximum atomic E-state index is 2.39. The van der Waals surface area contributed by atoms with Crippen molar-refractivity contribution in [1.29, 1.82) is 0 Å². The maximum absolute atomic E-state index is 2.39. The zero-order chi connectivity index (χ0) is 34.0. The van der Waals surface area contributed by atoms with Crippen LogP contribution in [0.2, 0.25) is 0 Å². The molecule has 9 aromatic carbocycles. The molecule has 0 saturated carbocycles. The third-order valence-corrected chi connectivity index (χ3v) is 13.0. The summed E-state index contributed by atoms with van der Waals surface area (Å²) in [7, 11) is 0. The van der Waals surface area contributed by atoms with Crippen molar-refractivity contribution in [2.75, 3.05) is 0 Å². The summed E-state index contributed by atoms with van der Waals surface area (Å²) in [4.78, 5) is 2.66. The number of fused-ring (bicyclic) bond motifs is 14. The summed E-state index contributed by atoms with van der Waals surface area (Å²) >= 11 is 1.88. The molecule has 0 fully saturated rings. The van der Waals surface area contributed by atoms with Gasteiger partial charge in [-0.2, -0.15) is 0 Å². The first-order valence-corrected chi connectivity index (χ1v) is 18.9. The van der Waals surface area contributed by atoms with Gasteiger partial charge in [0.25, 0.3) is 0 Å². The Morgan fingerprint density at radius 2 is 0.981 bits per heavy atom. The molecule has 1 heteroatoms. The van der Waals surface area contributed by atoms with Gasteiger partial charge in [0.15, 0.2) is 0 Å². The molecular weight excluding hydrogens is 645 g/mol. The second kappa shape index (κ2) is 10.4. The van der Waals surface area contributed by atoms with Crippen LogP contribution < -0.4 is 0 Å². The highest BCUT2D eigenvalue weighted by atomic mass is 32.2. The van der Waals surface area contributed by atoms with Gasteiger partial charge in [0.1, 0.15) is 0 Å². The lowest BCUT2D eigenvalue weighted by molar-refractivity contribution is 0.801. The van der Waals surface area contributed by atoms with E-state index in [2.05, 4.69) is 182 Å². The summed E-state index contributed by atoms with van der Waals surface area (Å²) < 4.78 is 0. The van der Waals surface area contributed by atoms with E-state index in [1.165, 1.54) is 109 Å². The smallest absolute Gasteiger partial charge is 0.0731 e.